The highest BCUT2D eigenvalue weighted by Gasteiger charge is 2.47. The Kier molecular flexibility index (Phi) is 5.29. The van der Waals surface area contributed by atoms with Crippen LogP contribution in [-0.2, 0) is 7.05 Å². The quantitative estimate of drug-likeness (QED) is 0.788. The predicted molar refractivity (Wildman–Crippen MR) is 113 cm³/mol. The monoisotopic (exact) mass is 418 g/mol. The predicted octanol–water partition coefficient (Wildman–Crippen LogP) is 2.26. The molecule has 2 aromatic rings. The van der Waals surface area contributed by atoms with E-state index >= 15 is 0 Å². The van der Waals surface area contributed by atoms with E-state index in [0.29, 0.717) is 36.8 Å². The summed E-state index contributed by atoms with van der Waals surface area (Å²) >= 11 is 1.29. The molecule has 0 radical (unpaired) electrons. The van der Waals surface area contributed by atoms with Crippen LogP contribution in [-0.4, -0.2) is 39.8 Å². The molecule has 1 saturated carbocycles. The molecule has 2 atom stereocenters. The first-order chi connectivity index (χ1) is 13.8. The summed E-state index contributed by atoms with van der Waals surface area (Å²) in [6.07, 6.45) is 3.50. The molecule has 2 aliphatic rings. The van der Waals surface area contributed by atoms with Crippen molar-refractivity contribution in [3.05, 3.63) is 34.4 Å². The maximum Gasteiger partial charge on any atom is 0.270 e. The maximum atomic E-state index is 13.9. The van der Waals surface area contributed by atoms with Crippen molar-refractivity contribution in [1.29, 1.82) is 0 Å². The lowest BCUT2D eigenvalue weighted by Crippen LogP contribution is -2.48. The molecule has 0 aromatic carbocycles. The van der Waals surface area contributed by atoms with Crippen LogP contribution in [0.4, 0.5) is 16.2 Å². The van der Waals surface area contributed by atoms with Crippen LogP contribution in [0, 0.1) is 12.3 Å². The van der Waals surface area contributed by atoms with Gasteiger partial charge in [-0.1, -0.05) is 11.8 Å². The van der Waals surface area contributed by atoms with Crippen LogP contribution in [0.3, 0.4) is 0 Å². The Hall–Kier alpha value is -2.13. The van der Waals surface area contributed by atoms with Crippen molar-refractivity contribution in [3.8, 4) is 0 Å². The van der Waals surface area contributed by atoms with Gasteiger partial charge in [0.1, 0.15) is 16.9 Å². The Morgan fingerprint density at radius 1 is 1.34 bits per heavy atom. The zero-order valence-corrected chi connectivity index (χ0v) is 17.6. The first-order valence-corrected chi connectivity index (χ1v) is 10.7. The van der Waals surface area contributed by atoms with Crippen LogP contribution in [0.5, 0.6) is 0 Å². The van der Waals surface area contributed by atoms with E-state index < -0.39 is 6.17 Å². The zero-order chi connectivity index (χ0) is 20.8. The van der Waals surface area contributed by atoms with Gasteiger partial charge in [-0.2, -0.15) is 4.98 Å². The smallest absolute Gasteiger partial charge is 0.270 e. The molecule has 1 saturated heterocycles. The summed E-state index contributed by atoms with van der Waals surface area (Å²) < 4.78 is 15.4. The Balaban J connectivity index is 1.57. The number of alkyl halides is 1. The average Bonchev–Trinajstić information content (AvgIpc) is 2.97. The van der Waals surface area contributed by atoms with Crippen molar-refractivity contribution < 1.29 is 4.39 Å². The molecule has 0 unspecified atom stereocenters. The number of nitrogens with zero attached hydrogens (tertiary/aromatic N) is 4. The topological polar surface area (TPSA) is 103 Å². The maximum absolute atomic E-state index is 13.9. The second-order valence-electron chi connectivity index (χ2n) is 8.17. The summed E-state index contributed by atoms with van der Waals surface area (Å²) in [6, 6.07) is 3.65. The lowest BCUT2D eigenvalue weighted by Gasteiger charge is -2.42. The third kappa shape index (κ3) is 3.61. The van der Waals surface area contributed by atoms with Gasteiger partial charge in [0.2, 0.25) is 5.95 Å². The number of piperidine rings is 1. The summed E-state index contributed by atoms with van der Waals surface area (Å²) in [4.78, 5) is 25.2. The number of nitrogen functional groups attached to an aromatic ring is 1. The van der Waals surface area contributed by atoms with E-state index in [2.05, 4.69) is 14.9 Å². The minimum atomic E-state index is -0.804. The third-order valence-corrected chi connectivity index (χ3v) is 7.63. The number of anilines is 2. The molecule has 1 aliphatic carbocycles. The first-order valence-electron chi connectivity index (χ1n) is 9.91. The molecular weight excluding hydrogens is 391 g/mol. The highest BCUT2D eigenvalue weighted by Crippen LogP contribution is 2.47. The van der Waals surface area contributed by atoms with Crippen LogP contribution in [0.15, 0.2) is 32.9 Å². The van der Waals surface area contributed by atoms with Crippen molar-refractivity contribution in [1.82, 2.24) is 14.5 Å². The Morgan fingerprint density at radius 3 is 2.69 bits per heavy atom. The molecule has 3 heterocycles. The van der Waals surface area contributed by atoms with E-state index in [1.807, 2.05) is 19.1 Å². The molecule has 7 nitrogen and oxygen atoms in total. The van der Waals surface area contributed by atoms with Gasteiger partial charge in [-0.05, 0) is 50.2 Å². The fourth-order valence-electron chi connectivity index (χ4n) is 4.58. The fourth-order valence-corrected chi connectivity index (χ4v) is 5.52. The molecule has 29 heavy (non-hydrogen) atoms. The minimum absolute atomic E-state index is 0.0944. The standard InChI is InChI=1S/C20H27FN6OS/c1-12-14(4-3-7-24-12)29-16-17(23)25-19(26(2)18(16)28)27-8-5-20(6-9-27)11-13(21)10-15(20)22/h3-4,7,13,15H,5-6,8-11,22-23H2,1-2H3/t13-,15-/m1/s1. The Morgan fingerprint density at radius 2 is 2.07 bits per heavy atom. The SMILES string of the molecule is Cc1ncccc1Sc1c(N)nc(N2CCC3(CC2)C[C@H](F)C[C@H]3N)n(C)c1=O. The summed E-state index contributed by atoms with van der Waals surface area (Å²) in [5, 5.41) is 0. The molecule has 4 rings (SSSR count). The summed E-state index contributed by atoms with van der Waals surface area (Å²) in [7, 11) is 1.72. The van der Waals surface area contributed by atoms with Gasteiger partial charge >= 0.3 is 0 Å². The van der Waals surface area contributed by atoms with Crippen molar-refractivity contribution in [3.63, 3.8) is 0 Å². The van der Waals surface area contributed by atoms with E-state index in [9.17, 15) is 9.18 Å². The number of pyridine rings is 1. The van der Waals surface area contributed by atoms with Crippen LogP contribution in [0.25, 0.3) is 0 Å². The summed E-state index contributed by atoms with van der Waals surface area (Å²) in [5.74, 6) is 0.774. The number of nitrogens with two attached hydrogens (primary N) is 2. The van der Waals surface area contributed by atoms with Gasteiger partial charge in [0, 0.05) is 37.3 Å². The number of hydrogen-bond acceptors (Lipinski definition) is 7. The van der Waals surface area contributed by atoms with Crippen LogP contribution in [0.2, 0.25) is 0 Å². The molecule has 9 heteroatoms. The highest BCUT2D eigenvalue weighted by molar-refractivity contribution is 7.99. The van der Waals surface area contributed by atoms with Crippen molar-refractivity contribution >= 4 is 23.5 Å². The van der Waals surface area contributed by atoms with Gasteiger partial charge in [0.15, 0.2) is 0 Å². The molecule has 156 valence electrons. The first kappa shape index (κ1) is 20.2. The van der Waals surface area contributed by atoms with Gasteiger partial charge in [-0.3, -0.25) is 14.3 Å². The second-order valence-corrected chi connectivity index (χ2v) is 9.22. The number of halogens is 1. The normalized spacial score (nSPS) is 23.7. The van der Waals surface area contributed by atoms with Gasteiger partial charge < -0.3 is 16.4 Å². The molecule has 1 spiro atoms. The number of aromatic nitrogens is 3. The average molecular weight is 419 g/mol. The number of hydrogen-bond donors (Lipinski definition) is 2. The van der Waals surface area contributed by atoms with Gasteiger partial charge in [0.05, 0.1) is 5.69 Å². The van der Waals surface area contributed by atoms with Crippen LogP contribution in [0.1, 0.15) is 31.4 Å². The van der Waals surface area contributed by atoms with Crippen LogP contribution < -0.4 is 21.9 Å². The van der Waals surface area contributed by atoms with E-state index in [0.717, 1.165) is 23.4 Å². The van der Waals surface area contributed by atoms with Crippen LogP contribution >= 0.6 is 11.8 Å². The Labute approximate surface area is 173 Å². The van der Waals surface area contributed by atoms with E-state index in [4.69, 9.17) is 11.5 Å². The summed E-state index contributed by atoms with van der Waals surface area (Å²) in [5.41, 5.74) is 13.0. The fraction of sp³-hybridized carbons (Fsp3) is 0.550. The zero-order valence-electron chi connectivity index (χ0n) is 16.8. The summed E-state index contributed by atoms with van der Waals surface area (Å²) in [6.45, 7) is 3.27. The number of aryl methyl sites for hydroxylation is 1. The van der Waals surface area contributed by atoms with E-state index in [1.54, 1.807) is 17.8 Å². The number of rotatable bonds is 3. The van der Waals surface area contributed by atoms with E-state index in [1.165, 1.54) is 11.8 Å². The molecule has 4 N–H and O–H groups in total. The molecule has 0 amide bonds. The third-order valence-electron chi connectivity index (χ3n) is 6.39. The van der Waals surface area contributed by atoms with Crippen molar-refractivity contribution in [2.45, 2.75) is 54.6 Å². The highest BCUT2D eigenvalue weighted by atomic mass is 32.2. The van der Waals surface area contributed by atoms with Gasteiger partial charge in [-0.15, -0.1) is 0 Å². The van der Waals surface area contributed by atoms with Gasteiger partial charge in [0.25, 0.3) is 5.56 Å². The van der Waals surface area contributed by atoms with Crippen molar-refractivity contribution in [2.24, 2.45) is 18.2 Å². The lowest BCUT2D eigenvalue weighted by atomic mass is 9.74. The minimum Gasteiger partial charge on any atom is -0.382 e. The van der Waals surface area contributed by atoms with E-state index in [-0.39, 0.29) is 22.8 Å². The molecular formula is C20H27FN6OS. The molecule has 2 aromatic heterocycles. The molecule has 0 bridgehead atoms. The van der Waals surface area contributed by atoms with Gasteiger partial charge in [-0.25, -0.2) is 4.39 Å². The largest absolute Gasteiger partial charge is 0.382 e. The Bertz CT molecular complexity index is 972. The van der Waals surface area contributed by atoms with Crippen molar-refractivity contribution in [2.75, 3.05) is 23.7 Å². The molecule has 2 fully saturated rings. The molecule has 1 aliphatic heterocycles. The lowest BCUT2D eigenvalue weighted by molar-refractivity contribution is 0.183. The second kappa shape index (κ2) is 7.60.